The number of hydrogen-bond donors (Lipinski definition) is 0. The number of aryl methyl sites for hydroxylation is 1. The molecule has 4 heteroatoms. The van der Waals surface area contributed by atoms with Crippen molar-refractivity contribution in [1.29, 1.82) is 0 Å². The third kappa shape index (κ3) is 3.99. The van der Waals surface area contributed by atoms with Gasteiger partial charge < -0.3 is 8.98 Å². The van der Waals surface area contributed by atoms with E-state index in [-0.39, 0.29) is 0 Å². The number of hydrogen-bond acceptors (Lipinski definition) is 2. The van der Waals surface area contributed by atoms with Crippen molar-refractivity contribution in [1.82, 2.24) is 14.1 Å². The largest absolute Gasteiger partial charge is 0.455 e. The first-order valence-electron chi connectivity index (χ1n) is 16.3. The van der Waals surface area contributed by atoms with Crippen molar-refractivity contribution >= 4 is 54.8 Å². The van der Waals surface area contributed by atoms with Crippen LogP contribution in [0.15, 0.2) is 162 Å². The lowest BCUT2D eigenvalue weighted by Gasteiger charge is -2.12. The summed E-state index contributed by atoms with van der Waals surface area (Å²) < 4.78 is 11.0. The maximum absolute atomic E-state index is 6.41. The van der Waals surface area contributed by atoms with E-state index in [1.807, 2.05) is 18.2 Å². The number of imidazole rings is 1. The van der Waals surface area contributed by atoms with Gasteiger partial charge in [0, 0.05) is 44.0 Å². The summed E-state index contributed by atoms with van der Waals surface area (Å²) in [6.45, 7) is 2.12. The van der Waals surface area contributed by atoms with Gasteiger partial charge in [0.05, 0.1) is 22.1 Å². The minimum absolute atomic E-state index is 0.913. The van der Waals surface area contributed by atoms with Gasteiger partial charge in [-0.15, -0.1) is 0 Å². The second kappa shape index (κ2) is 10.3. The number of furan rings is 1. The molecule has 0 aliphatic rings. The van der Waals surface area contributed by atoms with Gasteiger partial charge in [-0.3, -0.25) is 4.57 Å². The normalized spacial score (nSPS) is 11.9. The molecule has 0 spiro atoms. The molecule has 0 unspecified atom stereocenters. The summed E-state index contributed by atoms with van der Waals surface area (Å²) in [6, 6.07) is 55.9. The zero-order valence-corrected chi connectivity index (χ0v) is 26.3. The van der Waals surface area contributed by atoms with Crippen LogP contribution in [0.4, 0.5) is 0 Å². The molecular weight excluding hydrogens is 587 g/mol. The Labute approximate surface area is 276 Å². The molecule has 0 N–H and O–H groups in total. The Bertz CT molecular complexity index is 2830. The monoisotopic (exact) mass is 615 g/mol. The van der Waals surface area contributed by atoms with Gasteiger partial charge in [0.25, 0.3) is 0 Å². The van der Waals surface area contributed by atoms with Crippen LogP contribution in [0.3, 0.4) is 0 Å². The molecule has 3 aromatic heterocycles. The molecule has 0 aliphatic carbocycles. The van der Waals surface area contributed by atoms with E-state index in [1.54, 1.807) is 0 Å². The van der Waals surface area contributed by atoms with Gasteiger partial charge >= 0.3 is 0 Å². The molecule has 0 bridgehead atoms. The van der Waals surface area contributed by atoms with E-state index in [0.717, 1.165) is 72.4 Å². The molecule has 0 saturated heterocycles. The first-order valence-corrected chi connectivity index (χ1v) is 16.3. The molecule has 0 aliphatic heterocycles. The Morgan fingerprint density at radius 2 is 1.12 bits per heavy atom. The van der Waals surface area contributed by atoms with Crippen LogP contribution < -0.4 is 0 Å². The van der Waals surface area contributed by atoms with Crippen molar-refractivity contribution < 1.29 is 4.42 Å². The Morgan fingerprint density at radius 3 is 1.98 bits per heavy atom. The minimum atomic E-state index is 0.913. The molecule has 0 saturated carbocycles. The van der Waals surface area contributed by atoms with Crippen molar-refractivity contribution in [2.75, 3.05) is 0 Å². The summed E-state index contributed by atoms with van der Waals surface area (Å²) in [6.07, 6.45) is 0. The lowest BCUT2D eigenvalue weighted by Crippen LogP contribution is -1.98. The summed E-state index contributed by atoms with van der Waals surface area (Å²) >= 11 is 0. The second-order valence-corrected chi connectivity index (χ2v) is 12.5. The topological polar surface area (TPSA) is 35.9 Å². The lowest BCUT2D eigenvalue weighted by atomic mass is 10.0. The molecule has 7 aromatic carbocycles. The van der Waals surface area contributed by atoms with E-state index in [4.69, 9.17) is 9.40 Å². The van der Waals surface area contributed by atoms with Crippen LogP contribution in [0.5, 0.6) is 0 Å². The standard InChI is InChI=1S/C44H29N3O/c1-28-17-22-32(23-18-28)47-41-15-6-4-13-38(41)45-44(47)29-19-24-31(25-20-29)46-39-14-5-2-9-34(39)37-27-30(21-26-40(37)46)33-11-8-12-36-35-10-3-7-16-42(35)48-43(33)36/h2-27H,1H3. The zero-order valence-electron chi connectivity index (χ0n) is 26.3. The molecule has 4 nitrogen and oxygen atoms in total. The quantitative estimate of drug-likeness (QED) is 0.197. The molecule has 0 radical (unpaired) electrons. The van der Waals surface area contributed by atoms with Crippen LogP contribution in [0.2, 0.25) is 0 Å². The fourth-order valence-corrected chi connectivity index (χ4v) is 7.33. The van der Waals surface area contributed by atoms with Crippen molar-refractivity contribution in [2.45, 2.75) is 6.92 Å². The fourth-order valence-electron chi connectivity index (χ4n) is 7.33. The van der Waals surface area contributed by atoms with Gasteiger partial charge in [0.15, 0.2) is 0 Å². The Balaban J connectivity index is 1.12. The highest BCUT2D eigenvalue weighted by Gasteiger charge is 2.18. The van der Waals surface area contributed by atoms with Crippen LogP contribution in [-0.4, -0.2) is 14.1 Å². The maximum atomic E-state index is 6.41. The number of rotatable bonds is 4. The maximum Gasteiger partial charge on any atom is 0.145 e. The van der Waals surface area contributed by atoms with E-state index >= 15 is 0 Å². The van der Waals surface area contributed by atoms with Crippen LogP contribution in [0.1, 0.15) is 5.56 Å². The van der Waals surface area contributed by atoms with E-state index in [2.05, 4.69) is 156 Å². The first-order chi connectivity index (χ1) is 23.7. The summed E-state index contributed by atoms with van der Waals surface area (Å²) in [5.41, 5.74) is 13.0. The molecule has 0 fully saturated rings. The molecule has 10 rings (SSSR count). The molecular formula is C44H29N3O. The van der Waals surface area contributed by atoms with E-state index in [1.165, 1.54) is 21.9 Å². The van der Waals surface area contributed by atoms with Crippen molar-refractivity contribution in [3.63, 3.8) is 0 Å². The summed E-state index contributed by atoms with van der Waals surface area (Å²) in [5.74, 6) is 0.929. The Kier molecular flexibility index (Phi) is 5.75. The zero-order chi connectivity index (χ0) is 31.8. The molecule has 48 heavy (non-hydrogen) atoms. The lowest BCUT2D eigenvalue weighted by molar-refractivity contribution is 0.670. The Morgan fingerprint density at radius 1 is 0.479 bits per heavy atom. The predicted molar refractivity (Wildman–Crippen MR) is 198 cm³/mol. The van der Waals surface area contributed by atoms with E-state index in [0.29, 0.717) is 0 Å². The van der Waals surface area contributed by atoms with Crippen LogP contribution >= 0.6 is 0 Å². The molecule has 10 aromatic rings. The Hall–Kier alpha value is -6.39. The van der Waals surface area contributed by atoms with Gasteiger partial charge in [0.2, 0.25) is 0 Å². The third-order valence-electron chi connectivity index (χ3n) is 9.62. The van der Waals surface area contributed by atoms with Gasteiger partial charge in [0.1, 0.15) is 17.0 Å². The minimum Gasteiger partial charge on any atom is -0.455 e. The van der Waals surface area contributed by atoms with Crippen molar-refractivity contribution in [2.24, 2.45) is 0 Å². The number of nitrogens with zero attached hydrogens (tertiary/aromatic N) is 3. The summed E-state index contributed by atoms with van der Waals surface area (Å²) in [4.78, 5) is 5.10. The van der Waals surface area contributed by atoms with Crippen LogP contribution in [-0.2, 0) is 0 Å². The highest BCUT2D eigenvalue weighted by molar-refractivity contribution is 6.13. The number of fused-ring (bicyclic) bond motifs is 7. The average molecular weight is 616 g/mol. The number of para-hydroxylation sites is 5. The van der Waals surface area contributed by atoms with Crippen LogP contribution in [0, 0.1) is 6.92 Å². The summed E-state index contributed by atoms with van der Waals surface area (Å²) in [5, 5.41) is 4.71. The van der Waals surface area contributed by atoms with E-state index < -0.39 is 0 Å². The fraction of sp³-hybridized carbons (Fsp3) is 0.0227. The summed E-state index contributed by atoms with van der Waals surface area (Å²) in [7, 11) is 0. The molecule has 226 valence electrons. The average Bonchev–Trinajstić information content (AvgIpc) is 3.82. The second-order valence-electron chi connectivity index (χ2n) is 12.5. The SMILES string of the molecule is Cc1ccc(-n2c(-c3ccc(-n4c5ccccc5c5cc(-c6cccc7c6oc6ccccc67)ccc54)cc3)nc3ccccc32)cc1. The third-order valence-corrected chi connectivity index (χ3v) is 9.62. The number of aromatic nitrogens is 3. The number of benzene rings is 7. The van der Waals surface area contributed by atoms with Gasteiger partial charge in [-0.2, -0.15) is 0 Å². The highest BCUT2D eigenvalue weighted by atomic mass is 16.3. The molecule has 0 amide bonds. The van der Waals surface area contributed by atoms with Gasteiger partial charge in [-0.25, -0.2) is 4.98 Å². The molecule has 0 atom stereocenters. The van der Waals surface area contributed by atoms with E-state index in [9.17, 15) is 0 Å². The molecule has 3 heterocycles. The van der Waals surface area contributed by atoms with Gasteiger partial charge in [-0.1, -0.05) is 90.5 Å². The van der Waals surface area contributed by atoms with Gasteiger partial charge in [-0.05, 0) is 85.3 Å². The van der Waals surface area contributed by atoms with Crippen LogP contribution in [0.25, 0.3) is 88.7 Å². The van der Waals surface area contributed by atoms with Crippen molar-refractivity contribution in [3.05, 3.63) is 163 Å². The predicted octanol–water partition coefficient (Wildman–Crippen LogP) is 11.7. The smallest absolute Gasteiger partial charge is 0.145 e. The highest BCUT2D eigenvalue weighted by Crippen LogP contribution is 2.39. The van der Waals surface area contributed by atoms with Crippen molar-refractivity contribution in [3.8, 4) is 33.9 Å². The first kappa shape index (κ1) is 26.8.